The highest BCUT2D eigenvalue weighted by Gasteiger charge is 2.09. The molecule has 0 bridgehead atoms. The van der Waals surface area contributed by atoms with Gasteiger partial charge in [-0.2, -0.15) is 10.2 Å². The molecule has 0 saturated heterocycles. The molecule has 3 rings (SSSR count). The summed E-state index contributed by atoms with van der Waals surface area (Å²) in [5, 5.41) is 8.46. The molecule has 0 aliphatic carbocycles. The first kappa shape index (κ1) is 18.5. The summed E-state index contributed by atoms with van der Waals surface area (Å²) in [5.74, 6) is -0.338. The molecule has 1 heterocycles. The fourth-order valence-corrected chi connectivity index (χ4v) is 3.05. The van der Waals surface area contributed by atoms with E-state index in [1.54, 1.807) is 16.9 Å². The van der Waals surface area contributed by atoms with E-state index in [0.717, 1.165) is 25.8 Å². The Morgan fingerprint density at radius 2 is 1.88 bits per heavy atom. The summed E-state index contributed by atoms with van der Waals surface area (Å²) in [7, 11) is 0. The summed E-state index contributed by atoms with van der Waals surface area (Å²) in [4.78, 5) is 12.2. The second-order valence-corrected chi connectivity index (χ2v) is 7.50. The molecular weight excluding hydrogens is 460 g/mol. The lowest BCUT2D eigenvalue weighted by atomic mass is 10.1. The van der Waals surface area contributed by atoms with Crippen molar-refractivity contribution in [3.05, 3.63) is 86.6 Å². The molecular formula is C19H16Br2N4O. The van der Waals surface area contributed by atoms with Crippen LogP contribution >= 0.6 is 31.9 Å². The molecule has 0 spiro atoms. The number of hydrogen-bond donors (Lipinski definition) is 1. The zero-order valence-electron chi connectivity index (χ0n) is 14.0. The van der Waals surface area contributed by atoms with Crippen LogP contribution in [0.25, 0.3) is 0 Å². The number of halogens is 2. The number of carbonyl (C=O) groups is 1. The first-order valence-electron chi connectivity index (χ1n) is 7.90. The van der Waals surface area contributed by atoms with Crippen LogP contribution < -0.4 is 5.43 Å². The van der Waals surface area contributed by atoms with Crippen molar-refractivity contribution in [1.29, 1.82) is 0 Å². The van der Waals surface area contributed by atoms with Crippen LogP contribution in [-0.4, -0.2) is 21.4 Å². The van der Waals surface area contributed by atoms with Crippen LogP contribution in [0.4, 0.5) is 0 Å². The quantitative estimate of drug-likeness (QED) is 0.432. The fourth-order valence-electron chi connectivity index (χ4n) is 2.34. The Morgan fingerprint density at radius 3 is 2.62 bits per heavy atom. The third-order valence-corrected chi connectivity index (χ3v) is 4.72. The first-order valence-corrected chi connectivity index (χ1v) is 9.48. The lowest BCUT2D eigenvalue weighted by Crippen LogP contribution is -2.20. The van der Waals surface area contributed by atoms with Gasteiger partial charge < -0.3 is 0 Å². The van der Waals surface area contributed by atoms with Crippen molar-refractivity contribution in [1.82, 2.24) is 15.2 Å². The van der Waals surface area contributed by atoms with E-state index in [-0.39, 0.29) is 5.91 Å². The summed E-state index contributed by atoms with van der Waals surface area (Å²) in [6, 6.07) is 17.4. The molecule has 0 aliphatic heterocycles. The van der Waals surface area contributed by atoms with Crippen molar-refractivity contribution in [2.45, 2.75) is 13.5 Å². The number of aromatic nitrogens is 2. The first-order chi connectivity index (χ1) is 12.5. The molecule has 0 radical (unpaired) electrons. The molecule has 0 atom stereocenters. The summed E-state index contributed by atoms with van der Waals surface area (Å²) in [5.41, 5.74) is 5.63. The SMILES string of the molecule is CC(=NNC(=O)c1ccn(Cc2cccc(Br)c2)n1)c1ccc(Br)cc1. The lowest BCUT2D eigenvalue weighted by molar-refractivity contribution is 0.0949. The minimum absolute atomic E-state index is 0.326. The number of hydrogen-bond acceptors (Lipinski definition) is 3. The zero-order chi connectivity index (χ0) is 18.5. The Hall–Kier alpha value is -2.25. The fraction of sp³-hybridized carbons (Fsp3) is 0.105. The topological polar surface area (TPSA) is 59.3 Å². The molecule has 0 saturated carbocycles. The molecule has 132 valence electrons. The van der Waals surface area contributed by atoms with Crippen LogP contribution in [0.2, 0.25) is 0 Å². The Morgan fingerprint density at radius 1 is 1.12 bits per heavy atom. The number of carbonyl (C=O) groups excluding carboxylic acids is 1. The number of amides is 1. The van der Waals surface area contributed by atoms with E-state index in [2.05, 4.69) is 47.5 Å². The van der Waals surface area contributed by atoms with Crippen LogP contribution in [0, 0.1) is 0 Å². The number of benzene rings is 2. The summed E-state index contributed by atoms with van der Waals surface area (Å²) in [6.45, 7) is 2.43. The zero-order valence-corrected chi connectivity index (χ0v) is 17.2. The van der Waals surface area contributed by atoms with Gasteiger partial charge in [0.25, 0.3) is 5.91 Å². The average Bonchev–Trinajstić information content (AvgIpc) is 3.08. The highest BCUT2D eigenvalue weighted by molar-refractivity contribution is 9.10. The maximum atomic E-state index is 12.2. The van der Waals surface area contributed by atoms with Gasteiger partial charge in [-0.15, -0.1) is 0 Å². The second-order valence-electron chi connectivity index (χ2n) is 5.67. The standard InChI is InChI=1S/C19H16Br2N4O/c1-13(15-5-7-16(20)8-6-15)22-23-19(26)18-9-10-25(24-18)12-14-3-2-4-17(21)11-14/h2-11H,12H2,1H3,(H,23,26). The van der Waals surface area contributed by atoms with E-state index in [1.165, 1.54) is 0 Å². The Kier molecular flexibility index (Phi) is 6.00. The molecule has 1 amide bonds. The molecule has 3 aromatic rings. The van der Waals surface area contributed by atoms with Crippen LogP contribution in [0.5, 0.6) is 0 Å². The molecule has 0 aliphatic rings. The molecule has 0 fully saturated rings. The van der Waals surface area contributed by atoms with Gasteiger partial charge >= 0.3 is 0 Å². The van der Waals surface area contributed by atoms with E-state index < -0.39 is 0 Å². The van der Waals surface area contributed by atoms with E-state index in [4.69, 9.17) is 0 Å². The van der Waals surface area contributed by atoms with E-state index in [0.29, 0.717) is 12.2 Å². The Balaban J connectivity index is 1.64. The van der Waals surface area contributed by atoms with Crippen molar-refractivity contribution in [3.8, 4) is 0 Å². The maximum Gasteiger partial charge on any atom is 0.291 e. The van der Waals surface area contributed by atoms with Gasteiger partial charge in [0.15, 0.2) is 5.69 Å². The summed E-state index contributed by atoms with van der Waals surface area (Å²) in [6.07, 6.45) is 1.78. The van der Waals surface area contributed by atoms with E-state index in [9.17, 15) is 4.79 Å². The molecule has 7 heteroatoms. The molecule has 1 aromatic heterocycles. The van der Waals surface area contributed by atoms with Gasteiger partial charge in [-0.3, -0.25) is 9.48 Å². The average molecular weight is 476 g/mol. The van der Waals surface area contributed by atoms with Crippen LogP contribution in [-0.2, 0) is 6.54 Å². The number of nitrogens with zero attached hydrogens (tertiary/aromatic N) is 3. The van der Waals surface area contributed by atoms with Crippen molar-refractivity contribution in [2.24, 2.45) is 5.10 Å². The van der Waals surface area contributed by atoms with Gasteiger partial charge in [0.05, 0.1) is 12.3 Å². The predicted octanol–water partition coefficient (Wildman–Crippen LogP) is 4.61. The van der Waals surface area contributed by atoms with E-state index in [1.807, 2.05) is 55.5 Å². The van der Waals surface area contributed by atoms with E-state index >= 15 is 0 Å². The van der Waals surface area contributed by atoms with Gasteiger partial charge in [0.1, 0.15) is 0 Å². The van der Waals surface area contributed by atoms with Crippen LogP contribution in [0.3, 0.4) is 0 Å². The largest absolute Gasteiger partial charge is 0.291 e. The highest BCUT2D eigenvalue weighted by atomic mass is 79.9. The number of nitrogens with one attached hydrogen (secondary N) is 1. The minimum Gasteiger partial charge on any atom is -0.268 e. The molecule has 26 heavy (non-hydrogen) atoms. The molecule has 0 unspecified atom stereocenters. The lowest BCUT2D eigenvalue weighted by Gasteiger charge is -2.03. The molecule has 2 aromatic carbocycles. The van der Waals surface area contributed by atoms with Crippen LogP contribution in [0.1, 0.15) is 28.5 Å². The van der Waals surface area contributed by atoms with Crippen molar-refractivity contribution in [3.63, 3.8) is 0 Å². The van der Waals surface area contributed by atoms with Crippen molar-refractivity contribution < 1.29 is 4.79 Å². The predicted molar refractivity (Wildman–Crippen MR) is 109 cm³/mol. The monoisotopic (exact) mass is 474 g/mol. The minimum atomic E-state index is -0.338. The van der Waals surface area contributed by atoms with Gasteiger partial charge in [0, 0.05) is 15.1 Å². The normalized spacial score (nSPS) is 11.4. The third-order valence-electron chi connectivity index (χ3n) is 3.69. The van der Waals surface area contributed by atoms with Gasteiger partial charge in [-0.25, -0.2) is 5.43 Å². The summed E-state index contributed by atoms with van der Waals surface area (Å²) >= 11 is 6.84. The summed E-state index contributed by atoms with van der Waals surface area (Å²) < 4.78 is 3.73. The van der Waals surface area contributed by atoms with Crippen molar-refractivity contribution >= 4 is 43.5 Å². The van der Waals surface area contributed by atoms with Gasteiger partial charge in [-0.05, 0) is 48.4 Å². The molecule has 5 nitrogen and oxygen atoms in total. The third kappa shape index (κ3) is 4.89. The number of rotatable bonds is 5. The van der Waals surface area contributed by atoms with Crippen LogP contribution in [0.15, 0.2) is 74.8 Å². The maximum absolute atomic E-state index is 12.2. The van der Waals surface area contributed by atoms with Crippen molar-refractivity contribution in [2.75, 3.05) is 0 Å². The number of hydrazone groups is 1. The van der Waals surface area contributed by atoms with Gasteiger partial charge in [-0.1, -0.05) is 56.1 Å². The molecule has 1 N–H and O–H groups in total. The highest BCUT2D eigenvalue weighted by Crippen LogP contribution is 2.13. The Bertz CT molecular complexity index is 948. The smallest absolute Gasteiger partial charge is 0.268 e. The second kappa shape index (κ2) is 8.42. The Labute approximate surface area is 168 Å². The van der Waals surface area contributed by atoms with Gasteiger partial charge in [0.2, 0.25) is 0 Å².